The zero-order valence-electron chi connectivity index (χ0n) is 16.6. The lowest BCUT2D eigenvalue weighted by atomic mass is 10.1. The summed E-state index contributed by atoms with van der Waals surface area (Å²) < 4.78 is 0. The van der Waals surface area contributed by atoms with Gasteiger partial charge >= 0.3 is 5.97 Å². The van der Waals surface area contributed by atoms with Crippen LogP contribution in [0.5, 0.6) is 0 Å². The molecule has 0 aliphatic rings. The Bertz CT molecular complexity index is 239. The van der Waals surface area contributed by atoms with Crippen LogP contribution >= 0.6 is 0 Å². The lowest BCUT2D eigenvalue weighted by molar-refractivity contribution is -0.137. The van der Waals surface area contributed by atoms with Crippen LogP contribution in [0.2, 0.25) is 0 Å². The van der Waals surface area contributed by atoms with Gasteiger partial charge in [0, 0.05) is 13.0 Å². The third-order valence-corrected chi connectivity index (χ3v) is 4.07. The van der Waals surface area contributed by atoms with Crippen molar-refractivity contribution >= 4 is 5.97 Å². The molecule has 146 valence electrons. The molecule has 0 aromatic heterocycles. The van der Waals surface area contributed by atoms with Crippen molar-refractivity contribution in [2.24, 2.45) is 0 Å². The van der Waals surface area contributed by atoms with E-state index in [0.717, 1.165) is 32.5 Å². The number of aliphatic carboxylic acids is 1. The number of hydrogen-bond donors (Lipinski definition) is 2. The quantitative estimate of drug-likeness (QED) is 0.382. The topological polar surface area (TPSA) is 60.8 Å². The van der Waals surface area contributed by atoms with Gasteiger partial charge in [0.1, 0.15) is 0 Å². The molecule has 0 aromatic carbocycles. The van der Waals surface area contributed by atoms with Gasteiger partial charge in [-0.2, -0.15) is 0 Å². The highest BCUT2D eigenvalue weighted by molar-refractivity contribution is 5.66. The highest BCUT2D eigenvalue weighted by Crippen LogP contribution is 2.07. The van der Waals surface area contributed by atoms with E-state index in [1.807, 2.05) is 0 Å². The summed E-state index contributed by atoms with van der Waals surface area (Å²) in [7, 11) is 0. The summed E-state index contributed by atoms with van der Waals surface area (Å²) in [6, 6.07) is 0. The van der Waals surface area contributed by atoms with Gasteiger partial charge in [-0.1, -0.05) is 72.1 Å². The van der Waals surface area contributed by atoms with Crippen LogP contribution in [-0.4, -0.2) is 47.3 Å². The third-order valence-electron chi connectivity index (χ3n) is 4.07. The van der Waals surface area contributed by atoms with Gasteiger partial charge in [0.15, 0.2) is 0 Å². The van der Waals surface area contributed by atoms with E-state index < -0.39 is 5.97 Å². The number of carboxylic acids is 1. The molecule has 0 saturated heterocycles. The van der Waals surface area contributed by atoms with Crippen molar-refractivity contribution in [3.05, 3.63) is 0 Å². The summed E-state index contributed by atoms with van der Waals surface area (Å²) in [5.41, 5.74) is 0. The summed E-state index contributed by atoms with van der Waals surface area (Å²) in [5, 5.41) is 17.1. The average Bonchev–Trinajstić information content (AvgIpc) is 2.57. The molecular formula is C20H43NO3. The molecule has 0 aliphatic heterocycles. The number of hydrogen-bond acceptors (Lipinski definition) is 3. The maximum Gasteiger partial charge on any atom is 0.303 e. The molecule has 0 amide bonds. The smallest absolute Gasteiger partial charge is 0.303 e. The first-order valence-corrected chi connectivity index (χ1v) is 10.2. The van der Waals surface area contributed by atoms with E-state index in [-0.39, 0.29) is 0 Å². The molecule has 4 heteroatoms. The first-order chi connectivity index (χ1) is 11.6. The molecule has 0 saturated carbocycles. The van der Waals surface area contributed by atoms with E-state index in [2.05, 4.69) is 25.7 Å². The highest BCUT2D eigenvalue weighted by atomic mass is 16.4. The van der Waals surface area contributed by atoms with Crippen molar-refractivity contribution in [2.75, 3.05) is 26.2 Å². The zero-order chi connectivity index (χ0) is 18.5. The Morgan fingerprint density at radius 2 is 1.17 bits per heavy atom. The van der Waals surface area contributed by atoms with Crippen molar-refractivity contribution in [3.63, 3.8) is 0 Å². The van der Waals surface area contributed by atoms with Gasteiger partial charge in [0.2, 0.25) is 0 Å². The number of unbranched alkanes of at least 4 members (excludes halogenated alkanes) is 8. The molecule has 0 unspecified atom stereocenters. The Labute approximate surface area is 150 Å². The minimum Gasteiger partial charge on any atom is -0.481 e. The fraction of sp³-hybridized carbons (Fsp3) is 0.950. The standard InChI is InChI=1S/C10H23NO.C10H20O2/c1-3-5-7-11(9-10-12)8-6-4-2;1-2-3-4-5-6-7-8-9-10(11)12/h12H,3-10H2,1-2H3;2-9H2,1H3,(H,11,12). The molecule has 24 heavy (non-hydrogen) atoms. The summed E-state index contributed by atoms with van der Waals surface area (Å²) >= 11 is 0. The minimum absolute atomic E-state index is 0.299. The average molecular weight is 346 g/mol. The molecule has 0 rings (SSSR count). The number of aliphatic hydroxyl groups is 1. The normalized spacial score (nSPS) is 10.5. The van der Waals surface area contributed by atoms with E-state index in [1.165, 1.54) is 57.8 Å². The number of carboxylic acid groups (broad SMARTS) is 1. The second-order valence-corrected chi connectivity index (χ2v) is 6.54. The Balaban J connectivity index is 0. The largest absolute Gasteiger partial charge is 0.481 e. The molecule has 0 heterocycles. The van der Waals surface area contributed by atoms with Gasteiger partial charge < -0.3 is 15.1 Å². The van der Waals surface area contributed by atoms with Crippen LogP contribution in [-0.2, 0) is 4.79 Å². The molecule has 0 atom stereocenters. The second-order valence-electron chi connectivity index (χ2n) is 6.54. The molecular weight excluding hydrogens is 302 g/mol. The predicted molar refractivity (Wildman–Crippen MR) is 104 cm³/mol. The molecule has 4 nitrogen and oxygen atoms in total. The van der Waals surface area contributed by atoms with Crippen LogP contribution in [0, 0.1) is 0 Å². The predicted octanol–water partition coefficient (Wildman–Crippen LogP) is 5.09. The van der Waals surface area contributed by atoms with Crippen molar-refractivity contribution in [3.8, 4) is 0 Å². The Kier molecular flexibility index (Phi) is 23.9. The van der Waals surface area contributed by atoms with Crippen molar-refractivity contribution in [1.29, 1.82) is 0 Å². The van der Waals surface area contributed by atoms with Crippen LogP contribution in [0.1, 0.15) is 97.8 Å². The van der Waals surface area contributed by atoms with Crippen molar-refractivity contribution in [1.82, 2.24) is 4.90 Å². The van der Waals surface area contributed by atoms with Gasteiger partial charge in [-0.3, -0.25) is 4.79 Å². The number of nitrogens with zero attached hydrogens (tertiary/aromatic N) is 1. The van der Waals surface area contributed by atoms with E-state index in [0.29, 0.717) is 13.0 Å². The van der Waals surface area contributed by atoms with Crippen LogP contribution in [0.15, 0.2) is 0 Å². The minimum atomic E-state index is -0.663. The lowest BCUT2D eigenvalue weighted by Gasteiger charge is -2.20. The Hall–Kier alpha value is -0.610. The maximum absolute atomic E-state index is 10.1. The van der Waals surface area contributed by atoms with Gasteiger partial charge in [-0.05, 0) is 32.4 Å². The van der Waals surface area contributed by atoms with E-state index >= 15 is 0 Å². The Morgan fingerprint density at radius 3 is 1.58 bits per heavy atom. The summed E-state index contributed by atoms with van der Waals surface area (Å²) in [6.45, 7) is 10.1. The van der Waals surface area contributed by atoms with Gasteiger partial charge in [-0.15, -0.1) is 0 Å². The summed E-state index contributed by atoms with van der Waals surface area (Å²) in [6.07, 6.45) is 13.6. The monoisotopic (exact) mass is 345 g/mol. The molecule has 0 aliphatic carbocycles. The lowest BCUT2D eigenvalue weighted by Crippen LogP contribution is -2.28. The molecule has 0 bridgehead atoms. The van der Waals surface area contributed by atoms with E-state index in [1.54, 1.807) is 0 Å². The number of carbonyl (C=O) groups is 1. The van der Waals surface area contributed by atoms with Gasteiger partial charge in [0.05, 0.1) is 6.61 Å². The third kappa shape index (κ3) is 23.7. The van der Waals surface area contributed by atoms with Gasteiger partial charge in [-0.25, -0.2) is 0 Å². The molecule has 0 fully saturated rings. The fourth-order valence-corrected chi connectivity index (χ4v) is 2.47. The first kappa shape index (κ1) is 25.6. The van der Waals surface area contributed by atoms with Crippen molar-refractivity contribution in [2.45, 2.75) is 97.8 Å². The van der Waals surface area contributed by atoms with Gasteiger partial charge in [0.25, 0.3) is 0 Å². The van der Waals surface area contributed by atoms with Crippen LogP contribution in [0.4, 0.5) is 0 Å². The summed E-state index contributed by atoms with van der Waals surface area (Å²) in [5.74, 6) is -0.663. The molecule has 0 radical (unpaired) electrons. The van der Waals surface area contributed by atoms with Crippen LogP contribution in [0.3, 0.4) is 0 Å². The summed E-state index contributed by atoms with van der Waals surface area (Å²) in [4.78, 5) is 12.5. The number of rotatable bonds is 16. The van der Waals surface area contributed by atoms with E-state index in [9.17, 15) is 4.79 Å². The van der Waals surface area contributed by atoms with Crippen LogP contribution < -0.4 is 0 Å². The van der Waals surface area contributed by atoms with E-state index in [4.69, 9.17) is 10.2 Å². The molecule has 0 spiro atoms. The second kappa shape index (κ2) is 22.4. The molecule has 2 N–H and O–H groups in total. The van der Waals surface area contributed by atoms with Crippen molar-refractivity contribution < 1.29 is 15.0 Å². The zero-order valence-corrected chi connectivity index (χ0v) is 16.6. The fourth-order valence-electron chi connectivity index (χ4n) is 2.47. The SMILES string of the molecule is CCCCCCCCCC(=O)O.CCCCN(CCO)CCCC. The highest BCUT2D eigenvalue weighted by Gasteiger charge is 2.01. The number of aliphatic hydroxyl groups excluding tert-OH is 1. The Morgan fingerprint density at radius 1 is 0.708 bits per heavy atom. The maximum atomic E-state index is 10.1. The first-order valence-electron chi connectivity index (χ1n) is 10.2. The molecule has 0 aromatic rings. The van der Waals surface area contributed by atoms with Crippen LogP contribution in [0.25, 0.3) is 0 Å².